The molecule has 0 spiro atoms. The summed E-state index contributed by atoms with van der Waals surface area (Å²) >= 11 is 0. The minimum absolute atomic E-state index is 0.208. The maximum atomic E-state index is 12.1. The minimum Gasteiger partial charge on any atom is -0.357 e. The molecule has 0 atom stereocenters. The second-order valence-electron chi connectivity index (χ2n) is 7.04. The number of carbonyl (C=O) groups is 3. The first-order chi connectivity index (χ1) is 14.0. The lowest BCUT2D eigenvalue weighted by Crippen LogP contribution is -2.42. The van der Waals surface area contributed by atoms with Crippen molar-refractivity contribution in [3.05, 3.63) is 48.7 Å². The molecule has 1 aliphatic rings. The van der Waals surface area contributed by atoms with Crippen molar-refractivity contribution in [3.8, 4) is 0 Å². The van der Waals surface area contributed by atoms with Crippen LogP contribution in [0, 0.1) is 5.92 Å². The number of anilines is 3. The molecule has 1 aromatic heterocycles. The summed E-state index contributed by atoms with van der Waals surface area (Å²) in [5, 5.41) is 7.90. The third-order valence-electron chi connectivity index (χ3n) is 4.79. The van der Waals surface area contributed by atoms with Crippen molar-refractivity contribution in [1.82, 2.24) is 10.3 Å². The van der Waals surface area contributed by atoms with E-state index in [0.29, 0.717) is 23.8 Å². The monoisotopic (exact) mass is 395 g/mol. The van der Waals surface area contributed by atoms with Gasteiger partial charge in [0.05, 0.1) is 0 Å². The zero-order valence-electron chi connectivity index (χ0n) is 16.4. The highest BCUT2D eigenvalue weighted by atomic mass is 16.2. The third kappa shape index (κ3) is 6.03. The van der Waals surface area contributed by atoms with Gasteiger partial charge in [0, 0.05) is 44.1 Å². The SMILES string of the molecule is CC(=O)Nc1cccc(NC(=O)C(=O)NCC2CCN(c3ccccn3)CC2)c1. The Bertz CT molecular complexity index is 864. The molecule has 0 unspecified atom stereocenters. The normalized spacial score (nSPS) is 14.2. The average molecular weight is 395 g/mol. The summed E-state index contributed by atoms with van der Waals surface area (Å²) in [4.78, 5) is 42.0. The summed E-state index contributed by atoms with van der Waals surface area (Å²) < 4.78 is 0. The van der Waals surface area contributed by atoms with Gasteiger partial charge in [-0.1, -0.05) is 12.1 Å². The van der Waals surface area contributed by atoms with Crippen LogP contribution in [-0.4, -0.2) is 42.3 Å². The molecule has 152 valence electrons. The molecule has 3 N–H and O–H groups in total. The van der Waals surface area contributed by atoms with E-state index in [-0.39, 0.29) is 5.91 Å². The van der Waals surface area contributed by atoms with Crippen molar-refractivity contribution < 1.29 is 14.4 Å². The van der Waals surface area contributed by atoms with Crippen LogP contribution in [0.2, 0.25) is 0 Å². The molecule has 0 radical (unpaired) electrons. The Morgan fingerprint density at radius 3 is 2.38 bits per heavy atom. The van der Waals surface area contributed by atoms with Crippen molar-refractivity contribution in [2.45, 2.75) is 19.8 Å². The second-order valence-corrected chi connectivity index (χ2v) is 7.04. The molecule has 1 aliphatic heterocycles. The Morgan fingerprint density at radius 1 is 1.00 bits per heavy atom. The van der Waals surface area contributed by atoms with E-state index in [9.17, 15) is 14.4 Å². The van der Waals surface area contributed by atoms with E-state index in [4.69, 9.17) is 0 Å². The van der Waals surface area contributed by atoms with E-state index in [1.54, 1.807) is 30.5 Å². The molecule has 0 aliphatic carbocycles. The Balaban J connectivity index is 1.43. The summed E-state index contributed by atoms with van der Waals surface area (Å²) in [7, 11) is 0. The van der Waals surface area contributed by atoms with Gasteiger partial charge < -0.3 is 20.9 Å². The van der Waals surface area contributed by atoms with Gasteiger partial charge >= 0.3 is 11.8 Å². The number of rotatable bonds is 5. The smallest absolute Gasteiger partial charge is 0.313 e. The lowest BCUT2D eigenvalue weighted by Gasteiger charge is -2.32. The van der Waals surface area contributed by atoms with E-state index in [1.807, 2.05) is 18.2 Å². The van der Waals surface area contributed by atoms with E-state index < -0.39 is 11.8 Å². The van der Waals surface area contributed by atoms with Crippen LogP contribution in [0.15, 0.2) is 48.7 Å². The Hall–Kier alpha value is -3.42. The molecule has 8 heteroatoms. The van der Waals surface area contributed by atoms with Gasteiger partial charge in [0.2, 0.25) is 5.91 Å². The first kappa shape index (κ1) is 20.3. The number of hydrogen-bond acceptors (Lipinski definition) is 5. The van der Waals surface area contributed by atoms with Crippen LogP contribution >= 0.6 is 0 Å². The first-order valence-corrected chi connectivity index (χ1v) is 9.64. The molecule has 0 saturated carbocycles. The largest absolute Gasteiger partial charge is 0.357 e. The van der Waals surface area contributed by atoms with Gasteiger partial charge in [0.25, 0.3) is 0 Å². The van der Waals surface area contributed by atoms with Crippen molar-refractivity contribution >= 4 is 34.9 Å². The average Bonchev–Trinajstić information content (AvgIpc) is 2.73. The highest BCUT2D eigenvalue weighted by molar-refractivity contribution is 6.39. The predicted molar refractivity (Wildman–Crippen MR) is 112 cm³/mol. The van der Waals surface area contributed by atoms with Gasteiger partial charge in [-0.2, -0.15) is 0 Å². The molecule has 3 amide bonds. The van der Waals surface area contributed by atoms with Crippen molar-refractivity contribution in [1.29, 1.82) is 0 Å². The summed E-state index contributed by atoms with van der Waals surface area (Å²) in [5.74, 6) is -0.302. The fraction of sp³-hybridized carbons (Fsp3) is 0.333. The fourth-order valence-corrected chi connectivity index (χ4v) is 3.29. The van der Waals surface area contributed by atoms with Crippen LogP contribution in [0.3, 0.4) is 0 Å². The standard InChI is InChI=1S/C21H25N5O3/c1-15(27)24-17-5-4-6-18(13-17)25-21(29)20(28)23-14-16-8-11-26(12-9-16)19-7-2-3-10-22-19/h2-7,10,13,16H,8-9,11-12,14H2,1H3,(H,23,28)(H,24,27)(H,25,29). The number of piperidine rings is 1. The van der Waals surface area contributed by atoms with Crippen LogP contribution in [-0.2, 0) is 14.4 Å². The van der Waals surface area contributed by atoms with Crippen LogP contribution in [0.4, 0.5) is 17.2 Å². The van der Waals surface area contributed by atoms with E-state index in [2.05, 4.69) is 25.8 Å². The molecule has 1 saturated heterocycles. The number of benzene rings is 1. The Labute approximate surface area is 169 Å². The highest BCUT2D eigenvalue weighted by Gasteiger charge is 2.22. The third-order valence-corrected chi connectivity index (χ3v) is 4.79. The second kappa shape index (κ2) is 9.68. The van der Waals surface area contributed by atoms with Crippen LogP contribution in [0.5, 0.6) is 0 Å². The number of aromatic nitrogens is 1. The van der Waals surface area contributed by atoms with Crippen LogP contribution < -0.4 is 20.9 Å². The van der Waals surface area contributed by atoms with Crippen LogP contribution in [0.25, 0.3) is 0 Å². The number of hydrogen-bond donors (Lipinski definition) is 3. The number of pyridine rings is 1. The zero-order chi connectivity index (χ0) is 20.6. The topological polar surface area (TPSA) is 103 Å². The Kier molecular flexibility index (Phi) is 6.78. The molecule has 3 rings (SSSR count). The van der Waals surface area contributed by atoms with E-state index >= 15 is 0 Å². The van der Waals surface area contributed by atoms with Crippen molar-refractivity contribution in [2.24, 2.45) is 5.92 Å². The number of nitrogens with one attached hydrogen (secondary N) is 3. The summed E-state index contributed by atoms with van der Waals surface area (Å²) in [6.45, 7) is 3.62. The summed E-state index contributed by atoms with van der Waals surface area (Å²) in [5.41, 5.74) is 0.996. The summed E-state index contributed by atoms with van der Waals surface area (Å²) in [6.07, 6.45) is 3.64. The summed E-state index contributed by atoms with van der Waals surface area (Å²) in [6, 6.07) is 12.5. The lowest BCUT2D eigenvalue weighted by molar-refractivity contribution is -0.136. The maximum absolute atomic E-state index is 12.1. The number of carbonyl (C=O) groups excluding carboxylic acids is 3. The van der Waals surface area contributed by atoms with E-state index in [1.165, 1.54) is 6.92 Å². The van der Waals surface area contributed by atoms with Crippen LogP contribution in [0.1, 0.15) is 19.8 Å². The number of nitrogens with zero attached hydrogens (tertiary/aromatic N) is 2. The van der Waals surface area contributed by atoms with Gasteiger partial charge in [0.15, 0.2) is 0 Å². The molecule has 8 nitrogen and oxygen atoms in total. The van der Waals surface area contributed by atoms with Gasteiger partial charge in [0.1, 0.15) is 5.82 Å². The quantitative estimate of drug-likeness (QED) is 0.672. The molecule has 2 aromatic rings. The van der Waals surface area contributed by atoms with Crippen molar-refractivity contribution in [3.63, 3.8) is 0 Å². The van der Waals surface area contributed by atoms with E-state index in [0.717, 1.165) is 31.7 Å². The molecular weight excluding hydrogens is 370 g/mol. The molecular formula is C21H25N5O3. The predicted octanol–water partition coefficient (Wildman–Crippen LogP) is 2.01. The highest BCUT2D eigenvalue weighted by Crippen LogP contribution is 2.21. The molecule has 0 bridgehead atoms. The maximum Gasteiger partial charge on any atom is 0.313 e. The molecule has 2 heterocycles. The molecule has 1 fully saturated rings. The number of amides is 3. The lowest BCUT2D eigenvalue weighted by atomic mass is 9.97. The minimum atomic E-state index is -0.726. The zero-order valence-corrected chi connectivity index (χ0v) is 16.4. The Morgan fingerprint density at radius 2 is 1.72 bits per heavy atom. The van der Waals surface area contributed by atoms with Gasteiger partial charge in [-0.3, -0.25) is 14.4 Å². The van der Waals surface area contributed by atoms with Crippen molar-refractivity contribution in [2.75, 3.05) is 35.2 Å². The first-order valence-electron chi connectivity index (χ1n) is 9.64. The van der Waals surface area contributed by atoms with Gasteiger partial charge in [-0.05, 0) is 49.1 Å². The fourth-order valence-electron chi connectivity index (χ4n) is 3.29. The van der Waals surface area contributed by atoms with Gasteiger partial charge in [-0.25, -0.2) is 4.98 Å². The van der Waals surface area contributed by atoms with Gasteiger partial charge in [-0.15, -0.1) is 0 Å². The molecule has 1 aromatic carbocycles. The molecule has 29 heavy (non-hydrogen) atoms.